The van der Waals surface area contributed by atoms with Crippen molar-refractivity contribution in [1.82, 2.24) is 10.3 Å². The number of carbonyl (C=O) groups excluding carboxylic acids is 2. The quantitative estimate of drug-likeness (QED) is 0.267. The summed E-state index contributed by atoms with van der Waals surface area (Å²) < 4.78 is 5.50. The highest BCUT2D eigenvalue weighted by Gasteiger charge is 2.23. The molecule has 2 amide bonds. The average molecular weight is 519 g/mol. The SMILES string of the molecule is CNC(=O)c1ccccc1Sc1ccc(C(=N)/C=C/c2ccccn2)c(NC(=O)OC(C)(C)CCO)c1. The highest BCUT2D eigenvalue weighted by Crippen LogP contribution is 2.33. The zero-order valence-electron chi connectivity index (χ0n) is 20.9. The van der Waals surface area contributed by atoms with Gasteiger partial charge in [0.1, 0.15) is 5.60 Å². The van der Waals surface area contributed by atoms with Gasteiger partial charge in [0.2, 0.25) is 0 Å². The minimum atomic E-state index is -0.871. The summed E-state index contributed by atoms with van der Waals surface area (Å²) in [6, 6.07) is 18.0. The first-order chi connectivity index (χ1) is 17.7. The highest BCUT2D eigenvalue weighted by molar-refractivity contribution is 7.99. The van der Waals surface area contributed by atoms with Crippen molar-refractivity contribution < 1.29 is 19.4 Å². The van der Waals surface area contributed by atoms with Crippen LogP contribution in [0.15, 0.2) is 82.7 Å². The second-order valence-corrected chi connectivity index (χ2v) is 9.75. The fourth-order valence-electron chi connectivity index (χ4n) is 3.37. The molecule has 0 saturated heterocycles. The van der Waals surface area contributed by atoms with E-state index in [1.807, 2.05) is 36.4 Å². The number of rotatable bonds is 10. The summed E-state index contributed by atoms with van der Waals surface area (Å²) in [6.07, 6.45) is 4.58. The fourth-order valence-corrected chi connectivity index (χ4v) is 4.35. The number of benzene rings is 2. The number of aliphatic hydroxyl groups excluding tert-OH is 1. The van der Waals surface area contributed by atoms with Gasteiger partial charge < -0.3 is 20.6 Å². The van der Waals surface area contributed by atoms with E-state index in [9.17, 15) is 14.7 Å². The van der Waals surface area contributed by atoms with E-state index in [1.54, 1.807) is 63.5 Å². The van der Waals surface area contributed by atoms with Gasteiger partial charge in [-0.1, -0.05) is 30.0 Å². The maximum atomic E-state index is 12.7. The Hall–Kier alpha value is -3.95. The zero-order valence-corrected chi connectivity index (χ0v) is 21.8. The smallest absolute Gasteiger partial charge is 0.412 e. The Kier molecular flexibility index (Phi) is 9.59. The molecule has 8 nitrogen and oxygen atoms in total. The Bertz CT molecular complexity index is 1290. The van der Waals surface area contributed by atoms with Gasteiger partial charge in [0, 0.05) is 41.6 Å². The molecule has 3 rings (SSSR count). The molecule has 37 heavy (non-hydrogen) atoms. The van der Waals surface area contributed by atoms with Crippen LogP contribution < -0.4 is 10.6 Å². The number of amides is 2. The van der Waals surface area contributed by atoms with Gasteiger partial charge in [-0.05, 0) is 68.5 Å². The molecule has 1 heterocycles. The molecular formula is C28H30N4O4S. The number of hydrogen-bond acceptors (Lipinski definition) is 7. The van der Waals surface area contributed by atoms with Crippen LogP contribution in [0, 0.1) is 5.41 Å². The predicted molar refractivity (Wildman–Crippen MR) is 146 cm³/mol. The van der Waals surface area contributed by atoms with E-state index in [4.69, 9.17) is 10.1 Å². The molecule has 0 aliphatic carbocycles. The Morgan fingerprint density at radius 1 is 1.11 bits per heavy atom. The first-order valence-corrected chi connectivity index (χ1v) is 12.5. The Morgan fingerprint density at radius 3 is 2.57 bits per heavy atom. The normalized spacial score (nSPS) is 11.2. The van der Waals surface area contributed by atoms with Crippen molar-refractivity contribution in [2.75, 3.05) is 19.0 Å². The van der Waals surface area contributed by atoms with Crippen molar-refractivity contribution in [3.8, 4) is 0 Å². The highest BCUT2D eigenvalue weighted by atomic mass is 32.2. The van der Waals surface area contributed by atoms with Crippen LogP contribution in [0.1, 0.15) is 41.9 Å². The van der Waals surface area contributed by atoms with Gasteiger partial charge in [0.25, 0.3) is 5.91 Å². The molecule has 0 saturated carbocycles. The van der Waals surface area contributed by atoms with Gasteiger partial charge in [-0.25, -0.2) is 4.79 Å². The number of nitrogens with one attached hydrogen (secondary N) is 3. The lowest BCUT2D eigenvalue weighted by atomic mass is 10.1. The van der Waals surface area contributed by atoms with Crippen LogP contribution in [0.2, 0.25) is 0 Å². The van der Waals surface area contributed by atoms with Gasteiger partial charge in [-0.3, -0.25) is 15.1 Å². The second kappa shape index (κ2) is 12.8. The molecule has 9 heteroatoms. The Morgan fingerprint density at radius 2 is 1.86 bits per heavy atom. The molecular weight excluding hydrogens is 488 g/mol. The molecule has 0 aliphatic heterocycles. The van der Waals surface area contributed by atoms with Gasteiger partial charge in [0.05, 0.1) is 22.7 Å². The topological polar surface area (TPSA) is 124 Å². The number of ether oxygens (including phenoxy) is 1. The van der Waals surface area contributed by atoms with Crippen molar-refractivity contribution in [3.05, 3.63) is 89.8 Å². The number of aromatic nitrogens is 1. The monoisotopic (exact) mass is 518 g/mol. The third kappa shape index (κ3) is 8.03. The van der Waals surface area contributed by atoms with E-state index < -0.39 is 11.7 Å². The van der Waals surface area contributed by atoms with Crippen LogP contribution in [-0.2, 0) is 4.74 Å². The third-order valence-electron chi connectivity index (χ3n) is 5.30. The van der Waals surface area contributed by atoms with Crippen LogP contribution >= 0.6 is 11.8 Å². The summed E-state index contributed by atoms with van der Waals surface area (Å²) in [4.78, 5) is 30.8. The number of aliphatic hydroxyl groups is 1. The lowest BCUT2D eigenvalue weighted by Gasteiger charge is -2.24. The standard InChI is InChI=1S/C28H30N4O4S/c1-28(2,15-17-33)36-27(35)32-24-18-20(37-25-10-5-4-9-22(25)26(34)30-3)12-13-21(24)23(29)14-11-19-8-6-7-16-31-19/h4-14,16,18,29,33H,15,17H2,1-3H3,(H,30,34)(H,32,35)/b14-11+,29-23?. The van der Waals surface area contributed by atoms with Gasteiger partial charge in [-0.2, -0.15) is 0 Å². The van der Waals surface area contributed by atoms with Crippen molar-refractivity contribution >= 4 is 41.2 Å². The summed E-state index contributed by atoms with van der Waals surface area (Å²) in [6.45, 7) is 3.30. The van der Waals surface area contributed by atoms with Gasteiger partial charge in [-0.15, -0.1) is 0 Å². The van der Waals surface area contributed by atoms with Gasteiger partial charge in [0.15, 0.2) is 0 Å². The fraction of sp³-hybridized carbons (Fsp3) is 0.214. The molecule has 0 unspecified atom stereocenters. The minimum absolute atomic E-state index is 0.120. The van der Waals surface area contributed by atoms with E-state index in [1.165, 1.54) is 11.8 Å². The van der Waals surface area contributed by atoms with Crippen LogP contribution in [0.25, 0.3) is 6.08 Å². The van der Waals surface area contributed by atoms with Crippen molar-refractivity contribution in [2.24, 2.45) is 0 Å². The molecule has 0 aliphatic rings. The molecule has 0 atom stereocenters. The predicted octanol–water partition coefficient (Wildman–Crippen LogP) is 5.38. The molecule has 0 spiro atoms. The van der Waals surface area contributed by atoms with Crippen molar-refractivity contribution in [2.45, 2.75) is 35.7 Å². The summed E-state index contributed by atoms with van der Waals surface area (Å²) in [5.41, 5.74) is 1.38. The molecule has 3 aromatic rings. The molecule has 192 valence electrons. The average Bonchev–Trinajstić information content (AvgIpc) is 2.87. The second-order valence-electron chi connectivity index (χ2n) is 8.63. The molecule has 0 bridgehead atoms. The largest absolute Gasteiger partial charge is 0.443 e. The maximum Gasteiger partial charge on any atom is 0.412 e. The van der Waals surface area contributed by atoms with E-state index in [0.717, 1.165) is 9.79 Å². The first kappa shape index (κ1) is 27.6. The Balaban J connectivity index is 1.93. The van der Waals surface area contributed by atoms with E-state index in [0.29, 0.717) is 22.5 Å². The number of hydrogen-bond donors (Lipinski definition) is 4. The molecule has 0 fully saturated rings. The van der Waals surface area contributed by atoms with Crippen LogP contribution in [0.4, 0.5) is 10.5 Å². The summed E-state index contributed by atoms with van der Waals surface area (Å²) in [5.74, 6) is -0.200. The van der Waals surface area contributed by atoms with E-state index in [-0.39, 0.29) is 24.6 Å². The molecule has 4 N–H and O–H groups in total. The minimum Gasteiger partial charge on any atom is -0.443 e. The molecule has 0 radical (unpaired) electrons. The lowest BCUT2D eigenvalue weighted by molar-refractivity contribution is 0.0295. The third-order valence-corrected chi connectivity index (χ3v) is 6.36. The number of nitrogens with zero attached hydrogens (tertiary/aromatic N) is 1. The number of allylic oxidation sites excluding steroid dienone is 1. The summed E-state index contributed by atoms with van der Waals surface area (Å²) >= 11 is 1.37. The number of pyridine rings is 1. The molecule has 1 aromatic heterocycles. The zero-order chi connectivity index (χ0) is 26.8. The molecule has 2 aromatic carbocycles. The maximum absolute atomic E-state index is 12.7. The Labute approximate surface area is 220 Å². The van der Waals surface area contributed by atoms with Crippen LogP contribution in [0.3, 0.4) is 0 Å². The van der Waals surface area contributed by atoms with Crippen molar-refractivity contribution in [1.29, 1.82) is 5.41 Å². The summed E-state index contributed by atoms with van der Waals surface area (Å²) in [7, 11) is 1.58. The van der Waals surface area contributed by atoms with Crippen LogP contribution in [0.5, 0.6) is 0 Å². The van der Waals surface area contributed by atoms with Crippen LogP contribution in [-0.4, -0.2) is 47.1 Å². The van der Waals surface area contributed by atoms with Gasteiger partial charge >= 0.3 is 6.09 Å². The first-order valence-electron chi connectivity index (χ1n) is 11.6. The summed E-state index contributed by atoms with van der Waals surface area (Å²) in [5, 5.41) is 23.3. The van der Waals surface area contributed by atoms with Crippen molar-refractivity contribution in [3.63, 3.8) is 0 Å². The van der Waals surface area contributed by atoms with E-state index >= 15 is 0 Å². The lowest BCUT2D eigenvalue weighted by Crippen LogP contribution is -2.31. The number of carbonyl (C=O) groups is 2. The number of anilines is 1. The van der Waals surface area contributed by atoms with E-state index in [2.05, 4.69) is 15.6 Å².